The predicted molar refractivity (Wildman–Crippen MR) is 24.2 cm³/mol. The van der Waals surface area contributed by atoms with Crippen LogP contribution in [0.5, 0.6) is 0 Å². The average molecular weight is 112 g/mol. The fourth-order valence-corrected chi connectivity index (χ4v) is 0.330. The molecule has 0 spiro atoms. The van der Waals surface area contributed by atoms with E-state index in [2.05, 4.69) is 20.7 Å². The van der Waals surface area contributed by atoms with E-state index in [0.717, 1.165) is 0 Å². The third-order valence-electron chi connectivity index (χ3n) is 0.726. The van der Waals surface area contributed by atoms with Gasteiger partial charge in [-0.1, -0.05) is 0 Å². The minimum Gasteiger partial charge on any atom is -0.295 e. The van der Waals surface area contributed by atoms with Crippen molar-refractivity contribution in [2.24, 2.45) is 20.7 Å². The number of rotatable bonds is 1. The summed E-state index contributed by atoms with van der Waals surface area (Å²) in [7, 11) is 0. The summed E-state index contributed by atoms with van der Waals surface area (Å²) in [6.45, 7) is 1.40. The number of Topliss-reactive ketones (excluding diaryl/α,β-unsaturated/α-hetero) is 1. The molecule has 0 saturated carbocycles. The lowest BCUT2D eigenvalue weighted by atomic mass is 10.4. The van der Waals surface area contributed by atoms with E-state index in [9.17, 15) is 4.79 Å². The van der Waals surface area contributed by atoms with Gasteiger partial charge < -0.3 is 0 Å². The van der Waals surface area contributed by atoms with Crippen molar-refractivity contribution in [3.8, 4) is 0 Å². The summed E-state index contributed by atoms with van der Waals surface area (Å²) in [5.41, 5.74) is 0. The van der Waals surface area contributed by atoms with Gasteiger partial charge in [0, 0.05) is 0 Å². The van der Waals surface area contributed by atoms with Gasteiger partial charge in [0.05, 0.1) is 0 Å². The van der Waals surface area contributed by atoms with Gasteiger partial charge in [-0.05, 0) is 17.4 Å². The van der Waals surface area contributed by atoms with Crippen LogP contribution in [-0.2, 0) is 4.79 Å². The van der Waals surface area contributed by atoms with Crippen LogP contribution in [0.1, 0.15) is 6.92 Å². The van der Waals surface area contributed by atoms with Crippen molar-refractivity contribution in [2.75, 3.05) is 0 Å². The lowest BCUT2D eigenvalue weighted by Gasteiger charge is -1.87. The number of hydrogen-bond acceptors (Lipinski definition) is 5. The Morgan fingerprint density at radius 1 is 1.38 bits per heavy atom. The summed E-state index contributed by atoms with van der Waals surface area (Å²) in [6.07, 6.45) is -0.657. The fourth-order valence-electron chi connectivity index (χ4n) is 0.330. The zero-order valence-corrected chi connectivity index (χ0v) is 4.27. The molecule has 0 N–H and O–H groups in total. The summed E-state index contributed by atoms with van der Waals surface area (Å²) >= 11 is 0. The molecule has 0 unspecified atom stereocenters. The Morgan fingerprint density at radius 3 is 2.12 bits per heavy atom. The van der Waals surface area contributed by atoms with Crippen LogP contribution in [0.15, 0.2) is 20.7 Å². The molecule has 0 radical (unpaired) electrons. The normalized spacial score (nSPS) is 17.6. The molecular weight excluding hydrogens is 108 g/mol. The van der Waals surface area contributed by atoms with Gasteiger partial charge in [0.15, 0.2) is 5.78 Å². The molecule has 8 heavy (non-hydrogen) atoms. The van der Waals surface area contributed by atoms with Crippen molar-refractivity contribution in [2.45, 2.75) is 13.1 Å². The van der Waals surface area contributed by atoms with E-state index in [4.69, 9.17) is 0 Å². The second-order valence-corrected chi connectivity index (χ2v) is 1.39. The van der Waals surface area contributed by atoms with Crippen LogP contribution in [0.2, 0.25) is 0 Å². The first-order chi connectivity index (χ1) is 3.80. The van der Waals surface area contributed by atoms with Crippen LogP contribution < -0.4 is 0 Å². The summed E-state index contributed by atoms with van der Waals surface area (Å²) in [4.78, 5) is 10.3. The first-order valence-corrected chi connectivity index (χ1v) is 2.11. The largest absolute Gasteiger partial charge is 0.295 e. The maximum absolute atomic E-state index is 10.3. The van der Waals surface area contributed by atoms with E-state index < -0.39 is 6.17 Å². The first-order valence-electron chi connectivity index (χ1n) is 2.11. The SMILES string of the molecule is CC(=O)C1N=NN=N1. The summed E-state index contributed by atoms with van der Waals surface area (Å²) in [5.74, 6) is -0.130. The molecule has 42 valence electrons. The molecule has 5 heteroatoms. The van der Waals surface area contributed by atoms with Gasteiger partial charge in [-0.15, -0.1) is 10.2 Å². The number of hydrogen-bond donors (Lipinski definition) is 0. The summed E-state index contributed by atoms with van der Waals surface area (Å²) < 4.78 is 0. The standard InChI is InChI=1S/C3H4N4O/c1-2(8)3-4-6-7-5-3/h3H,1H3. The third kappa shape index (κ3) is 0.749. The predicted octanol–water partition coefficient (Wildman–Crippen LogP) is 0.735. The van der Waals surface area contributed by atoms with E-state index in [1.54, 1.807) is 0 Å². The minimum atomic E-state index is -0.657. The van der Waals surface area contributed by atoms with Crippen molar-refractivity contribution < 1.29 is 4.79 Å². The molecular formula is C3H4N4O. The van der Waals surface area contributed by atoms with Gasteiger partial charge >= 0.3 is 0 Å². The number of nitrogens with zero attached hydrogens (tertiary/aromatic N) is 4. The molecule has 1 rings (SSSR count). The van der Waals surface area contributed by atoms with E-state index >= 15 is 0 Å². The summed E-state index contributed by atoms with van der Waals surface area (Å²) in [5, 5.41) is 13.1. The molecule has 0 saturated heterocycles. The Bertz CT molecular complexity index is 149. The van der Waals surface area contributed by atoms with Crippen LogP contribution in [-0.4, -0.2) is 11.9 Å². The molecule has 1 aliphatic heterocycles. The van der Waals surface area contributed by atoms with Crippen LogP contribution in [0.4, 0.5) is 0 Å². The monoisotopic (exact) mass is 112 g/mol. The van der Waals surface area contributed by atoms with Gasteiger partial charge in [-0.25, -0.2) is 0 Å². The van der Waals surface area contributed by atoms with Crippen molar-refractivity contribution >= 4 is 5.78 Å². The highest BCUT2D eigenvalue weighted by Crippen LogP contribution is 2.03. The second kappa shape index (κ2) is 1.77. The van der Waals surface area contributed by atoms with E-state index in [0.29, 0.717) is 0 Å². The molecule has 0 aromatic heterocycles. The zero-order valence-electron chi connectivity index (χ0n) is 4.27. The van der Waals surface area contributed by atoms with Gasteiger partial charge in [0.25, 0.3) is 0 Å². The van der Waals surface area contributed by atoms with Crippen molar-refractivity contribution in [1.82, 2.24) is 0 Å². The highest BCUT2D eigenvalue weighted by Gasteiger charge is 2.13. The molecule has 1 heterocycles. The Hall–Kier alpha value is -1.13. The highest BCUT2D eigenvalue weighted by atomic mass is 16.1. The smallest absolute Gasteiger partial charge is 0.242 e. The Balaban J connectivity index is 2.62. The topological polar surface area (TPSA) is 66.5 Å². The van der Waals surface area contributed by atoms with Crippen LogP contribution in [0.25, 0.3) is 0 Å². The van der Waals surface area contributed by atoms with Crippen molar-refractivity contribution in [3.63, 3.8) is 0 Å². The maximum atomic E-state index is 10.3. The van der Waals surface area contributed by atoms with Crippen molar-refractivity contribution in [1.29, 1.82) is 0 Å². The van der Waals surface area contributed by atoms with Gasteiger partial charge in [-0.3, -0.25) is 4.79 Å². The molecule has 0 aliphatic carbocycles. The zero-order chi connectivity index (χ0) is 5.98. The second-order valence-electron chi connectivity index (χ2n) is 1.39. The number of carbonyl (C=O) groups is 1. The Kier molecular flexibility index (Phi) is 1.11. The quantitative estimate of drug-likeness (QED) is 0.493. The van der Waals surface area contributed by atoms with E-state index in [1.165, 1.54) is 6.92 Å². The lowest BCUT2D eigenvalue weighted by Crippen LogP contribution is -2.07. The molecule has 0 fully saturated rings. The molecule has 0 atom stereocenters. The average Bonchev–Trinajstić information content (AvgIpc) is 2.12. The van der Waals surface area contributed by atoms with E-state index in [-0.39, 0.29) is 5.78 Å². The van der Waals surface area contributed by atoms with Crippen LogP contribution >= 0.6 is 0 Å². The number of carbonyl (C=O) groups excluding carboxylic acids is 1. The minimum absolute atomic E-state index is 0.130. The molecule has 5 nitrogen and oxygen atoms in total. The molecule has 0 aromatic rings. The van der Waals surface area contributed by atoms with Crippen LogP contribution in [0.3, 0.4) is 0 Å². The highest BCUT2D eigenvalue weighted by molar-refractivity contribution is 5.81. The third-order valence-corrected chi connectivity index (χ3v) is 0.726. The summed E-state index contributed by atoms with van der Waals surface area (Å²) in [6, 6.07) is 0. The van der Waals surface area contributed by atoms with Gasteiger partial charge in [-0.2, -0.15) is 0 Å². The molecule has 1 aliphatic rings. The first kappa shape index (κ1) is 5.02. The molecule has 0 bridgehead atoms. The molecule has 0 amide bonds. The van der Waals surface area contributed by atoms with Gasteiger partial charge in [0.2, 0.25) is 6.17 Å². The van der Waals surface area contributed by atoms with Gasteiger partial charge in [0.1, 0.15) is 0 Å². The van der Waals surface area contributed by atoms with Crippen molar-refractivity contribution in [3.05, 3.63) is 0 Å². The Labute approximate surface area is 45.5 Å². The van der Waals surface area contributed by atoms with Crippen LogP contribution in [0, 0.1) is 0 Å². The lowest BCUT2D eigenvalue weighted by molar-refractivity contribution is -0.118. The van der Waals surface area contributed by atoms with E-state index in [1.807, 2.05) is 0 Å². The Morgan fingerprint density at radius 2 is 1.88 bits per heavy atom. The number of ketones is 1. The molecule has 0 aromatic carbocycles. The maximum Gasteiger partial charge on any atom is 0.242 e. The fraction of sp³-hybridized carbons (Fsp3) is 0.667.